The second-order valence-corrected chi connectivity index (χ2v) is 5.03. The van der Waals surface area contributed by atoms with Crippen LogP contribution in [0.3, 0.4) is 0 Å². The highest BCUT2D eigenvalue weighted by Crippen LogP contribution is 2.36. The standard InChI is InChI=1S/C10H20N4O8/c11-6-5(4(17)3(16)1-15)22-10(21,7(18)19)2-9(6,20)14-8(12)13/h3-6,15-17,20-21H,1-2,11H2,(H,18,19)(H4,12,13,14)/t3-,4-,5+,6+,9+,10?/m1/s1. The number of hydrogen-bond acceptors (Lipinski definition) is 9. The number of aliphatic imine (C=N–C) groups is 1. The Morgan fingerprint density at radius 2 is 1.91 bits per heavy atom. The molecule has 1 aliphatic rings. The number of nitrogens with two attached hydrogens (primary N) is 3. The Morgan fingerprint density at radius 3 is 2.32 bits per heavy atom. The fourth-order valence-electron chi connectivity index (χ4n) is 2.15. The molecule has 0 aliphatic carbocycles. The molecule has 1 fully saturated rings. The third-order valence-corrected chi connectivity index (χ3v) is 3.29. The molecule has 0 aromatic rings. The van der Waals surface area contributed by atoms with Gasteiger partial charge in [-0.15, -0.1) is 0 Å². The normalized spacial score (nSPS) is 38.1. The zero-order valence-corrected chi connectivity index (χ0v) is 11.4. The van der Waals surface area contributed by atoms with Crippen molar-refractivity contribution < 1.29 is 40.2 Å². The van der Waals surface area contributed by atoms with Crippen molar-refractivity contribution in [3.8, 4) is 0 Å². The van der Waals surface area contributed by atoms with Crippen molar-refractivity contribution in [3.05, 3.63) is 0 Å². The maximum atomic E-state index is 11.1. The van der Waals surface area contributed by atoms with Gasteiger partial charge in [-0.1, -0.05) is 0 Å². The molecular weight excluding hydrogens is 304 g/mol. The minimum absolute atomic E-state index is 0.650. The summed E-state index contributed by atoms with van der Waals surface area (Å²) >= 11 is 0. The zero-order chi connectivity index (χ0) is 17.3. The summed E-state index contributed by atoms with van der Waals surface area (Å²) in [4.78, 5) is 14.5. The molecule has 0 amide bonds. The number of ether oxygens (including phenoxy) is 1. The monoisotopic (exact) mass is 324 g/mol. The van der Waals surface area contributed by atoms with E-state index in [-0.39, 0.29) is 0 Å². The molecule has 1 aliphatic heterocycles. The molecule has 12 nitrogen and oxygen atoms in total. The lowest BCUT2D eigenvalue weighted by atomic mass is 9.85. The smallest absolute Gasteiger partial charge is 0.364 e. The van der Waals surface area contributed by atoms with Gasteiger partial charge in [-0.25, -0.2) is 9.79 Å². The van der Waals surface area contributed by atoms with Crippen molar-refractivity contribution in [2.24, 2.45) is 22.2 Å². The average Bonchev–Trinajstić information content (AvgIpc) is 2.40. The molecule has 12 heteroatoms. The maximum Gasteiger partial charge on any atom is 0.364 e. The number of rotatable bonds is 5. The predicted octanol–water partition coefficient (Wildman–Crippen LogP) is -5.45. The van der Waals surface area contributed by atoms with Gasteiger partial charge in [0.25, 0.3) is 5.79 Å². The number of nitrogens with zero attached hydrogens (tertiary/aromatic N) is 1. The topological polar surface area (TPSA) is 238 Å². The Balaban J connectivity index is 3.27. The van der Waals surface area contributed by atoms with Crippen LogP contribution in [0.15, 0.2) is 4.99 Å². The lowest BCUT2D eigenvalue weighted by Crippen LogP contribution is -2.70. The van der Waals surface area contributed by atoms with E-state index in [2.05, 4.69) is 4.99 Å². The Labute approximate surface area is 124 Å². The molecule has 0 bridgehead atoms. The molecule has 0 aromatic carbocycles. The fraction of sp³-hybridized carbons (Fsp3) is 0.800. The van der Waals surface area contributed by atoms with Gasteiger partial charge in [-0.2, -0.15) is 0 Å². The van der Waals surface area contributed by atoms with Crippen LogP contribution in [0.25, 0.3) is 0 Å². The number of aliphatic hydroxyl groups excluding tert-OH is 3. The predicted molar refractivity (Wildman–Crippen MR) is 69.9 cm³/mol. The summed E-state index contributed by atoms with van der Waals surface area (Å²) in [5, 5.41) is 57.4. The van der Waals surface area contributed by atoms with Gasteiger partial charge < -0.3 is 52.6 Å². The van der Waals surface area contributed by atoms with Gasteiger partial charge in [0.05, 0.1) is 19.1 Å². The van der Waals surface area contributed by atoms with E-state index in [4.69, 9.17) is 32.2 Å². The molecule has 0 radical (unpaired) electrons. The van der Waals surface area contributed by atoms with Crippen molar-refractivity contribution in [1.29, 1.82) is 0 Å². The van der Waals surface area contributed by atoms with Crippen LogP contribution in [-0.4, -0.2) is 85.0 Å². The van der Waals surface area contributed by atoms with Crippen molar-refractivity contribution in [2.45, 2.75) is 42.3 Å². The number of aliphatic carboxylic acids is 1. The Hall–Kier alpha value is -1.54. The van der Waals surface area contributed by atoms with Crippen LogP contribution in [-0.2, 0) is 9.53 Å². The molecule has 0 saturated carbocycles. The third-order valence-electron chi connectivity index (χ3n) is 3.29. The van der Waals surface area contributed by atoms with E-state index >= 15 is 0 Å². The van der Waals surface area contributed by atoms with E-state index in [9.17, 15) is 25.2 Å². The Bertz CT molecular complexity index is 458. The first-order valence-electron chi connectivity index (χ1n) is 6.16. The lowest BCUT2D eigenvalue weighted by molar-refractivity contribution is -0.308. The highest BCUT2D eigenvalue weighted by Gasteiger charge is 2.59. The molecule has 1 unspecified atom stereocenters. The number of aliphatic hydroxyl groups is 5. The minimum Gasteiger partial charge on any atom is -0.477 e. The van der Waals surface area contributed by atoms with Crippen LogP contribution in [0.4, 0.5) is 0 Å². The van der Waals surface area contributed by atoms with E-state index in [0.29, 0.717) is 0 Å². The fourth-order valence-corrected chi connectivity index (χ4v) is 2.15. The molecule has 22 heavy (non-hydrogen) atoms. The first-order chi connectivity index (χ1) is 9.96. The summed E-state index contributed by atoms with van der Waals surface area (Å²) < 4.78 is 4.81. The van der Waals surface area contributed by atoms with Crippen LogP contribution in [0.2, 0.25) is 0 Å². The molecule has 0 aromatic heterocycles. The van der Waals surface area contributed by atoms with E-state index in [0.717, 1.165) is 0 Å². The van der Waals surface area contributed by atoms with Crippen LogP contribution >= 0.6 is 0 Å². The van der Waals surface area contributed by atoms with Crippen molar-refractivity contribution in [2.75, 3.05) is 6.61 Å². The molecule has 1 heterocycles. The maximum absolute atomic E-state index is 11.1. The number of hydrogen-bond donors (Lipinski definition) is 9. The van der Waals surface area contributed by atoms with Crippen molar-refractivity contribution in [1.82, 2.24) is 0 Å². The minimum atomic E-state index is -2.97. The summed E-state index contributed by atoms with van der Waals surface area (Å²) in [5.41, 5.74) is 13.5. The summed E-state index contributed by atoms with van der Waals surface area (Å²) in [6.45, 7) is -0.903. The molecular formula is C10H20N4O8. The average molecular weight is 324 g/mol. The molecule has 6 atom stereocenters. The SMILES string of the molecule is NC(N)=N[C@]1(O)CC(O)(C(=O)O)O[C@@H]([C@H](O)[C@H](O)CO)[C@@H]1N. The molecule has 128 valence electrons. The van der Waals surface area contributed by atoms with Gasteiger partial charge in [0.15, 0.2) is 11.7 Å². The van der Waals surface area contributed by atoms with E-state index in [1.165, 1.54) is 0 Å². The van der Waals surface area contributed by atoms with E-state index < -0.39 is 60.8 Å². The summed E-state index contributed by atoms with van der Waals surface area (Å²) in [5.74, 6) is -5.51. The summed E-state index contributed by atoms with van der Waals surface area (Å²) in [7, 11) is 0. The van der Waals surface area contributed by atoms with Crippen molar-refractivity contribution in [3.63, 3.8) is 0 Å². The second kappa shape index (κ2) is 6.29. The lowest BCUT2D eigenvalue weighted by Gasteiger charge is -2.47. The number of carboxylic acids is 1. The van der Waals surface area contributed by atoms with Crippen LogP contribution < -0.4 is 17.2 Å². The quantitative estimate of drug-likeness (QED) is 0.171. The van der Waals surface area contributed by atoms with Crippen LogP contribution in [0.5, 0.6) is 0 Å². The van der Waals surface area contributed by atoms with E-state index in [1.54, 1.807) is 0 Å². The van der Waals surface area contributed by atoms with Gasteiger partial charge in [-0.05, 0) is 0 Å². The van der Waals surface area contributed by atoms with Gasteiger partial charge >= 0.3 is 5.97 Å². The Morgan fingerprint density at radius 1 is 1.36 bits per heavy atom. The second-order valence-electron chi connectivity index (χ2n) is 5.03. The Kier molecular flexibility index (Phi) is 5.30. The van der Waals surface area contributed by atoms with Crippen molar-refractivity contribution >= 4 is 11.9 Å². The zero-order valence-electron chi connectivity index (χ0n) is 11.4. The molecule has 12 N–H and O–H groups in total. The summed E-state index contributed by atoms with van der Waals surface area (Å²) in [6.07, 6.45) is -6.50. The summed E-state index contributed by atoms with van der Waals surface area (Å²) in [6, 6.07) is -1.61. The number of guanidine groups is 1. The van der Waals surface area contributed by atoms with Crippen LogP contribution in [0, 0.1) is 0 Å². The van der Waals surface area contributed by atoms with Gasteiger partial charge in [0, 0.05) is 0 Å². The van der Waals surface area contributed by atoms with E-state index in [1.807, 2.05) is 0 Å². The molecule has 1 saturated heterocycles. The molecule has 1 rings (SSSR count). The van der Waals surface area contributed by atoms with Gasteiger partial charge in [0.1, 0.15) is 18.3 Å². The number of carbonyl (C=O) groups is 1. The highest BCUT2D eigenvalue weighted by atomic mass is 16.7. The highest BCUT2D eigenvalue weighted by molar-refractivity contribution is 5.77. The van der Waals surface area contributed by atoms with Gasteiger partial charge in [-0.3, -0.25) is 0 Å². The first-order valence-corrected chi connectivity index (χ1v) is 6.16. The number of carboxylic acid groups (broad SMARTS) is 1. The largest absolute Gasteiger partial charge is 0.477 e. The molecule has 0 spiro atoms. The van der Waals surface area contributed by atoms with Gasteiger partial charge in [0.2, 0.25) is 0 Å². The third kappa shape index (κ3) is 3.44. The van der Waals surface area contributed by atoms with Crippen LogP contribution in [0.1, 0.15) is 6.42 Å². The first kappa shape index (κ1) is 18.5.